The van der Waals surface area contributed by atoms with E-state index in [1.54, 1.807) is 0 Å². The normalized spacial score (nSPS) is 15.1. The van der Waals surface area contributed by atoms with Crippen LogP contribution in [0.3, 0.4) is 0 Å². The van der Waals surface area contributed by atoms with Gasteiger partial charge >= 0.3 is 5.97 Å². The molecule has 1 aromatic rings. The molecular formula is C13H16BrNO2. The van der Waals surface area contributed by atoms with E-state index >= 15 is 0 Å². The fourth-order valence-corrected chi connectivity index (χ4v) is 2.34. The SMILES string of the molecule is COC(=O)c1ccc(CN(C)C2CC2)c(Br)c1. The van der Waals surface area contributed by atoms with E-state index in [-0.39, 0.29) is 5.97 Å². The average molecular weight is 298 g/mol. The summed E-state index contributed by atoms with van der Waals surface area (Å²) in [5, 5.41) is 0. The number of ether oxygens (including phenoxy) is 1. The molecule has 1 fully saturated rings. The highest BCUT2D eigenvalue weighted by Gasteiger charge is 2.26. The lowest BCUT2D eigenvalue weighted by atomic mass is 10.1. The maximum absolute atomic E-state index is 11.4. The molecule has 17 heavy (non-hydrogen) atoms. The number of methoxy groups -OCH3 is 1. The average Bonchev–Trinajstić information content (AvgIpc) is 3.14. The van der Waals surface area contributed by atoms with Crippen molar-refractivity contribution in [1.82, 2.24) is 4.90 Å². The number of carbonyl (C=O) groups excluding carboxylic acids is 1. The second kappa shape index (κ2) is 5.19. The Bertz CT molecular complexity index is 429. The Morgan fingerprint density at radius 3 is 2.76 bits per heavy atom. The van der Waals surface area contributed by atoms with Gasteiger partial charge in [-0.2, -0.15) is 0 Å². The molecule has 0 heterocycles. The number of rotatable bonds is 4. The molecule has 0 aliphatic heterocycles. The van der Waals surface area contributed by atoms with Crippen LogP contribution in [0.25, 0.3) is 0 Å². The molecule has 0 unspecified atom stereocenters. The topological polar surface area (TPSA) is 29.5 Å². The van der Waals surface area contributed by atoms with Gasteiger partial charge in [0.15, 0.2) is 0 Å². The molecule has 0 spiro atoms. The van der Waals surface area contributed by atoms with E-state index in [1.807, 2.05) is 18.2 Å². The molecule has 1 aliphatic rings. The van der Waals surface area contributed by atoms with E-state index in [1.165, 1.54) is 25.5 Å². The number of esters is 1. The summed E-state index contributed by atoms with van der Waals surface area (Å²) in [6, 6.07) is 6.35. The Hall–Kier alpha value is -0.870. The van der Waals surface area contributed by atoms with E-state index in [2.05, 4.69) is 27.9 Å². The van der Waals surface area contributed by atoms with Crippen molar-refractivity contribution in [2.75, 3.05) is 14.2 Å². The van der Waals surface area contributed by atoms with Crippen molar-refractivity contribution in [3.8, 4) is 0 Å². The fourth-order valence-electron chi connectivity index (χ4n) is 1.83. The molecule has 2 rings (SSSR count). The smallest absolute Gasteiger partial charge is 0.337 e. The maximum Gasteiger partial charge on any atom is 0.337 e. The molecule has 0 atom stereocenters. The molecular weight excluding hydrogens is 282 g/mol. The number of hydrogen-bond acceptors (Lipinski definition) is 3. The summed E-state index contributed by atoms with van der Waals surface area (Å²) in [6.45, 7) is 0.909. The minimum absolute atomic E-state index is 0.298. The number of halogens is 1. The van der Waals surface area contributed by atoms with Crippen LogP contribution < -0.4 is 0 Å². The predicted octanol–water partition coefficient (Wildman–Crippen LogP) is 2.83. The van der Waals surface area contributed by atoms with Gasteiger partial charge in [0.2, 0.25) is 0 Å². The molecule has 0 radical (unpaired) electrons. The van der Waals surface area contributed by atoms with E-state index in [0.29, 0.717) is 5.56 Å². The molecule has 0 saturated heterocycles. The summed E-state index contributed by atoms with van der Waals surface area (Å²) in [7, 11) is 3.53. The van der Waals surface area contributed by atoms with Gasteiger partial charge in [0.25, 0.3) is 0 Å². The molecule has 92 valence electrons. The van der Waals surface area contributed by atoms with Crippen LogP contribution >= 0.6 is 15.9 Å². The van der Waals surface area contributed by atoms with E-state index < -0.39 is 0 Å². The molecule has 0 bridgehead atoms. The van der Waals surface area contributed by atoms with E-state index in [0.717, 1.165) is 17.1 Å². The van der Waals surface area contributed by atoms with Crippen LogP contribution in [0.2, 0.25) is 0 Å². The molecule has 1 aromatic carbocycles. The van der Waals surface area contributed by atoms with Gasteiger partial charge in [-0.05, 0) is 37.6 Å². The summed E-state index contributed by atoms with van der Waals surface area (Å²) >= 11 is 3.51. The van der Waals surface area contributed by atoms with Crippen LogP contribution in [0.15, 0.2) is 22.7 Å². The standard InChI is InChI=1S/C13H16BrNO2/c1-15(11-5-6-11)8-10-4-3-9(7-12(10)14)13(16)17-2/h3-4,7,11H,5-6,8H2,1-2H3. The fraction of sp³-hybridized carbons (Fsp3) is 0.462. The Morgan fingerprint density at radius 1 is 1.53 bits per heavy atom. The largest absolute Gasteiger partial charge is 0.465 e. The van der Waals surface area contributed by atoms with Gasteiger partial charge in [0.1, 0.15) is 0 Å². The lowest BCUT2D eigenvalue weighted by Crippen LogP contribution is -2.20. The van der Waals surface area contributed by atoms with Crippen molar-refractivity contribution in [2.24, 2.45) is 0 Å². The number of carbonyl (C=O) groups is 1. The highest BCUT2D eigenvalue weighted by atomic mass is 79.9. The second-order valence-electron chi connectivity index (χ2n) is 4.44. The third kappa shape index (κ3) is 3.07. The minimum Gasteiger partial charge on any atom is -0.465 e. The first-order valence-electron chi connectivity index (χ1n) is 5.69. The number of nitrogens with zero attached hydrogens (tertiary/aromatic N) is 1. The quantitative estimate of drug-likeness (QED) is 0.801. The van der Waals surface area contributed by atoms with E-state index in [9.17, 15) is 4.79 Å². The zero-order valence-electron chi connectivity index (χ0n) is 10.1. The Kier molecular flexibility index (Phi) is 3.84. The van der Waals surface area contributed by atoms with Crippen LogP contribution in [0.1, 0.15) is 28.8 Å². The lowest BCUT2D eigenvalue weighted by Gasteiger charge is -2.16. The summed E-state index contributed by atoms with van der Waals surface area (Å²) in [5.41, 5.74) is 1.78. The number of benzene rings is 1. The van der Waals surface area contributed by atoms with Crippen LogP contribution in [-0.2, 0) is 11.3 Å². The van der Waals surface area contributed by atoms with Crippen molar-refractivity contribution < 1.29 is 9.53 Å². The summed E-state index contributed by atoms with van der Waals surface area (Å²) < 4.78 is 5.66. The third-order valence-electron chi connectivity index (χ3n) is 3.06. The summed E-state index contributed by atoms with van der Waals surface area (Å²) in [6.07, 6.45) is 2.60. The molecule has 3 nitrogen and oxygen atoms in total. The van der Waals surface area contributed by atoms with Gasteiger partial charge in [-0.3, -0.25) is 4.90 Å². The molecule has 0 aromatic heterocycles. The van der Waals surface area contributed by atoms with Crippen molar-refractivity contribution in [1.29, 1.82) is 0 Å². The van der Waals surface area contributed by atoms with Crippen LogP contribution in [0.4, 0.5) is 0 Å². The first-order chi connectivity index (χ1) is 8.11. The first kappa shape index (κ1) is 12.6. The monoisotopic (exact) mass is 297 g/mol. The highest BCUT2D eigenvalue weighted by Crippen LogP contribution is 2.28. The predicted molar refractivity (Wildman–Crippen MR) is 70.0 cm³/mol. The van der Waals surface area contributed by atoms with Crippen LogP contribution in [0, 0.1) is 0 Å². The Balaban J connectivity index is 2.10. The van der Waals surface area contributed by atoms with Gasteiger partial charge in [0, 0.05) is 17.1 Å². The molecule has 0 N–H and O–H groups in total. The molecule has 0 amide bonds. The molecule has 1 aliphatic carbocycles. The van der Waals surface area contributed by atoms with Gasteiger partial charge in [-0.1, -0.05) is 22.0 Å². The van der Waals surface area contributed by atoms with Gasteiger partial charge in [0.05, 0.1) is 12.7 Å². The Labute approximate surface area is 110 Å². The van der Waals surface area contributed by atoms with Crippen molar-refractivity contribution >= 4 is 21.9 Å². The van der Waals surface area contributed by atoms with Crippen LogP contribution in [0.5, 0.6) is 0 Å². The summed E-state index contributed by atoms with van der Waals surface area (Å²) in [5.74, 6) is -0.298. The van der Waals surface area contributed by atoms with Gasteiger partial charge in [-0.15, -0.1) is 0 Å². The highest BCUT2D eigenvalue weighted by molar-refractivity contribution is 9.10. The zero-order chi connectivity index (χ0) is 12.4. The minimum atomic E-state index is -0.298. The number of hydrogen-bond donors (Lipinski definition) is 0. The zero-order valence-corrected chi connectivity index (χ0v) is 11.7. The van der Waals surface area contributed by atoms with E-state index in [4.69, 9.17) is 4.74 Å². The van der Waals surface area contributed by atoms with Crippen molar-refractivity contribution in [3.63, 3.8) is 0 Å². The van der Waals surface area contributed by atoms with Crippen LogP contribution in [-0.4, -0.2) is 31.1 Å². The first-order valence-corrected chi connectivity index (χ1v) is 6.48. The molecule has 1 saturated carbocycles. The second-order valence-corrected chi connectivity index (χ2v) is 5.30. The third-order valence-corrected chi connectivity index (χ3v) is 3.80. The van der Waals surface area contributed by atoms with Gasteiger partial charge in [-0.25, -0.2) is 4.79 Å². The Morgan fingerprint density at radius 2 is 2.24 bits per heavy atom. The maximum atomic E-state index is 11.4. The lowest BCUT2D eigenvalue weighted by molar-refractivity contribution is 0.0600. The summed E-state index contributed by atoms with van der Waals surface area (Å²) in [4.78, 5) is 13.7. The van der Waals surface area contributed by atoms with Gasteiger partial charge < -0.3 is 4.74 Å². The molecule has 4 heteroatoms. The van der Waals surface area contributed by atoms with Crippen molar-refractivity contribution in [3.05, 3.63) is 33.8 Å². The van der Waals surface area contributed by atoms with Crippen molar-refractivity contribution in [2.45, 2.75) is 25.4 Å².